The number of nitrogens with zero attached hydrogens (tertiary/aromatic N) is 1. The van der Waals surface area contributed by atoms with Crippen molar-refractivity contribution in [3.8, 4) is 0 Å². The van der Waals surface area contributed by atoms with E-state index in [1.165, 1.54) is 140 Å². The molecule has 0 aliphatic rings. The molecule has 0 aliphatic heterocycles. The molecule has 0 fully saturated rings. The molecule has 2 heteroatoms. The van der Waals surface area contributed by atoms with Crippen LogP contribution >= 0.6 is 0 Å². The topological polar surface area (TPSA) is 0 Å². The SMILES string of the molecule is CCCCCCC[N+](CCCC)(CCCCCCC)CCCCCCC.[Cl-]. The van der Waals surface area contributed by atoms with Gasteiger partial charge in [0.1, 0.15) is 0 Å². The fourth-order valence-electron chi connectivity index (χ4n) is 4.32. The van der Waals surface area contributed by atoms with Crippen molar-refractivity contribution < 1.29 is 16.9 Å². The normalized spacial score (nSPS) is 11.6. The summed E-state index contributed by atoms with van der Waals surface area (Å²) in [6.07, 6.45) is 24.3. The second-order valence-electron chi connectivity index (χ2n) is 8.83. The molecule has 0 amide bonds. The molecule has 0 spiro atoms. The van der Waals surface area contributed by atoms with Crippen molar-refractivity contribution in [1.29, 1.82) is 0 Å². The van der Waals surface area contributed by atoms with Crippen LogP contribution in [-0.2, 0) is 0 Å². The number of hydrogen-bond donors (Lipinski definition) is 0. The number of hydrogen-bond acceptors (Lipinski definition) is 0. The Morgan fingerprint density at radius 3 is 0.889 bits per heavy atom. The van der Waals surface area contributed by atoms with Gasteiger partial charge in [0.05, 0.1) is 26.2 Å². The average Bonchev–Trinajstić information content (AvgIpc) is 2.65. The van der Waals surface area contributed by atoms with Gasteiger partial charge in [-0.15, -0.1) is 0 Å². The van der Waals surface area contributed by atoms with Crippen LogP contribution in [0, 0.1) is 0 Å². The first kappa shape index (κ1) is 29.5. The van der Waals surface area contributed by atoms with Crippen LogP contribution in [0.2, 0.25) is 0 Å². The van der Waals surface area contributed by atoms with Gasteiger partial charge in [0.15, 0.2) is 0 Å². The van der Waals surface area contributed by atoms with Crippen molar-refractivity contribution in [3.63, 3.8) is 0 Å². The molecular weight excluding hydrogens is 350 g/mol. The Hall–Kier alpha value is 0.250. The van der Waals surface area contributed by atoms with Gasteiger partial charge in [-0.05, 0) is 44.9 Å². The third kappa shape index (κ3) is 18.0. The van der Waals surface area contributed by atoms with E-state index in [2.05, 4.69) is 27.7 Å². The first-order valence-electron chi connectivity index (χ1n) is 12.6. The Morgan fingerprint density at radius 1 is 0.333 bits per heavy atom. The van der Waals surface area contributed by atoms with E-state index in [0.29, 0.717) is 0 Å². The van der Waals surface area contributed by atoms with Crippen LogP contribution < -0.4 is 12.4 Å². The molecule has 0 saturated carbocycles. The van der Waals surface area contributed by atoms with Gasteiger partial charge in [0.25, 0.3) is 0 Å². The first-order chi connectivity index (χ1) is 12.7. The summed E-state index contributed by atoms with van der Waals surface area (Å²) in [5.41, 5.74) is 0. The van der Waals surface area contributed by atoms with Crippen LogP contribution in [0.25, 0.3) is 0 Å². The third-order valence-electron chi connectivity index (χ3n) is 6.19. The Labute approximate surface area is 180 Å². The van der Waals surface area contributed by atoms with Crippen LogP contribution in [0.3, 0.4) is 0 Å². The van der Waals surface area contributed by atoms with Gasteiger partial charge < -0.3 is 16.9 Å². The minimum atomic E-state index is 0. The fourth-order valence-corrected chi connectivity index (χ4v) is 4.32. The fraction of sp³-hybridized carbons (Fsp3) is 1.00. The summed E-state index contributed by atoms with van der Waals surface area (Å²) in [6, 6.07) is 0. The molecule has 1 nitrogen and oxygen atoms in total. The van der Waals surface area contributed by atoms with E-state index in [0.717, 1.165) is 0 Å². The minimum Gasteiger partial charge on any atom is -1.00 e. The van der Waals surface area contributed by atoms with Gasteiger partial charge in [-0.25, -0.2) is 0 Å². The van der Waals surface area contributed by atoms with Crippen molar-refractivity contribution in [3.05, 3.63) is 0 Å². The molecule has 0 radical (unpaired) electrons. The molecule has 0 rings (SSSR count). The summed E-state index contributed by atoms with van der Waals surface area (Å²) in [4.78, 5) is 0. The molecular formula is C25H54ClN. The van der Waals surface area contributed by atoms with E-state index in [9.17, 15) is 0 Å². The highest BCUT2D eigenvalue weighted by Crippen LogP contribution is 2.19. The second kappa shape index (κ2) is 22.5. The summed E-state index contributed by atoms with van der Waals surface area (Å²) in [5.74, 6) is 0. The Bertz CT molecular complexity index is 231. The summed E-state index contributed by atoms with van der Waals surface area (Å²) in [7, 11) is 0. The van der Waals surface area contributed by atoms with Crippen molar-refractivity contribution in [2.45, 2.75) is 137 Å². The lowest BCUT2D eigenvalue weighted by atomic mass is 10.1. The molecule has 0 atom stereocenters. The minimum absolute atomic E-state index is 0. The van der Waals surface area contributed by atoms with Gasteiger partial charge in [-0.1, -0.05) is 91.9 Å². The lowest BCUT2D eigenvalue weighted by molar-refractivity contribution is -0.929. The van der Waals surface area contributed by atoms with Gasteiger partial charge in [-0.2, -0.15) is 0 Å². The molecule has 0 saturated heterocycles. The van der Waals surface area contributed by atoms with Crippen LogP contribution in [0.1, 0.15) is 137 Å². The molecule has 0 bridgehead atoms. The number of rotatable bonds is 21. The van der Waals surface area contributed by atoms with Crippen molar-refractivity contribution in [1.82, 2.24) is 0 Å². The lowest BCUT2D eigenvalue weighted by Crippen LogP contribution is -3.00. The van der Waals surface area contributed by atoms with E-state index in [4.69, 9.17) is 0 Å². The monoisotopic (exact) mass is 403 g/mol. The highest BCUT2D eigenvalue weighted by Gasteiger charge is 2.25. The zero-order chi connectivity index (χ0) is 19.3. The van der Waals surface area contributed by atoms with Gasteiger partial charge >= 0.3 is 0 Å². The van der Waals surface area contributed by atoms with Crippen LogP contribution in [0.4, 0.5) is 0 Å². The third-order valence-corrected chi connectivity index (χ3v) is 6.19. The predicted octanol–water partition coefficient (Wildman–Crippen LogP) is 5.52. The zero-order valence-electron chi connectivity index (χ0n) is 19.7. The van der Waals surface area contributed by atoms with Gasteiger partial charge in [0, 0.05) is 0 Å². The molecule has 0 unspecified atom stereocenters. The summed E-state index contributed by atoms with van der Waals surface area (Å²) in [6.45, 7) is 15.2. The van der Waals surface area contributed by atoms with E-state index in [1.807, 2.05) is 0 Å². The Balaban J connectivity index is 0. The maximum absolute atomic E-state index is 2.37. The molecule has 0 aromatic carbocycles. The molecule has 0 aromatic heterocycles. The van der Waals surface area contributed by atoms with Crippen molar-refractivity contribution in [2.75, 3.05) is 26.2 Å². The molecule has 166 valence electrons. The van der Waals surface area contributed by atoms with Gasteiger partial charge in [0.2, 0.25) is 0 Å². The van der Waals surface area contributed by atoms with E-state index in [-0.39, 0.29) is 12.4 Å². The largest absolute Gasteiger partial charge is 1.00 e. The summed E-state index contributed by atoms with van der Waals surface area (Å²) < 4.78 is 1.46. The Kier molecular flexibility index (Phi) is 24.6. The van der Waals surface area contributed by atoms with E-state index >= 15 is 0 Å². The molecule has 0 aromatic rings. The maximum atomic E-state index is 2.37. The van der Waals surface area contributed by atoms with E-state index in [1.54, 1.807) is 0 Å². The number of unbranched alkanes of at least 4 members (excludes halogenated alkanes) is 13. The molecule has 0 N–H and O–H groups in total. The molecule has 0 aliphatic carbocycles. The molecule has 27 heavy (non-hydrogen) atoms. The lowest BCUT2D eigenvalue weighted by Gasteiger charge is -2.39. The quantitative estimate of drug-likeness (QED) is 0.175. The van der Waals surface area contributed by atoms with Crippen molar-refractivity contribution >= 4 is 0 Å². The predicted molar refractivity (Wildman–Crippen MR) is 121 cm³/mol. The summed E-state index contributed by atoms with van der Waals surface area (Å²) >= 11 is 0. The smallest absolute Gasteiger partial charge is 0.0786 e. The average molecular weight is 404 g/mol. The Morgan fingerprint density at radius 2 is 0.593 bits per heavy atom. The van der Waals surface area contributed by atoms with Crippen LogP contribution in [-0.4, -0.2) is 30.7 Å². The maximum Gasteiger partial charge on any atom is 0.0786 e. The van der Waals surface area contributed by atoms with Crippen LogP contribution in [0.15, 0.2) is 0 Å². The standard InChI is InChI=1S/C25H54N.ClH/c1-5-9-13-16-19-23-26(22-12-8-4,24-20-17-14-10-6-2)25-21-18-15-11-7-3;/h5-25H2,1-4H3;1H/q+1;/p-1. The number of halogens is 1. The second-order valence-corrected chi connectivity index (χ2v) is 8.83. The van der Waals surface area contributed by atoms with Crippen LogP contribution in [0.5, 0.6) is 0 Å². The highest BCUT2D eigenvalue weighted by molar-refractivity contribution is 4.53. The highest BCUT2D eigenvalue weighted by atomic mass is 35.5. The number of quaternary nitrogens is 1. The zero-order valence-corrected chi connectivity index (χ0v) is 20.4. The van der Waals surface area contributed by atoms with E-state index < -0.39 is 0 Å². The first-order valence-corrected chi connectivity index (χ1v) is 12.6. The molecule has 0 heterocycles. The van der Waals surface area contributed by atoms with Gasteiger partial charge in [-0.3, -0.25) is 0 Å². The summed E-state index contributed by atoms with van der Waals surface area (Å²) in [5, 5.41) is 0. The van der Waals surface area contributed by atoms with Crippen molar-refractivity contribution in [2.24, 2.45) is 0 Å².